The number of pyridine rings is 1. The maximum absolute atomic E-state index is 10.7. The van der Waals surface area contributed by atoms with Crippen LogP contribution in [0, 0.1) is 0 Å². The Morgan fingerprint density at radius 1 is 1.16 bits per heavy atom. The Balaban J connectivity index is 2.02. The molecule has 0 spiro atoms. The Kier molecular flexibility index (Phi) is 3.09. The summed E-state index contributed by atoms with van der Waals surface area (Å²) in [4.78, 5) is 5.35. The minimum atomic E-state index is -0.835. The molecule has 19 heavy (non-hydrogen) atoms. The van der Waals surface area contributed by atoms with E-state index in [0.29, 0.717) is 6.42 Å². The van der Waals surface area contributed by atoms with Crippen LogP contribution in [0.25, 0.3) is 10.9 Å². The maximum atomic E-state index is 10.7. The van der Waals surface area contributed by atoms with Crippen molar-refractivity contribution >= 4 is 22.2 Å². The highest BCUT2D eigenvalue weighted by Gasteiger charge is 2.25. The number of fused-ring (bicyclic) bond motifs is 1. The molecule has 0 saturated carbocycles. The van der Waals surface area contributed by atoms with E-state index in [9.17, 15) is 5.11 Å². The molecule has 0 saturated heterocycles. The van der Waals surface area contributed by atoms with Gasteiger partial charge in [0.2, 0.25) is 0 Å². The first-order valence-corrected chi connectivity index (χ1v) is 7.14. The van der Waals surface area contributed by atoms with Crippen LogP contribution in [-0.2, 0) is 12.0 Å². The van der Waals surface area contributed by atoms with Crippen molar-refractivity contribution in [1.82, 2.24) is 4.98 Å². The van der Waals surface area contributed by atoms with Crippen molar-refractivity contribution < 1.29 is 5.11 Å². The lowest BCUT2D eigenvalue weighted by atomic mass is 9.93. The average molecular weight is 269 g/mol. The van der Waals surface area contributed by atoms with Gasteiger partial charge in [0.05, 0.1) is 11.1 Å². The first-order chi connectivity index (χ1) is 9.17. The summed E-state index contributed by atoms with van der Waals surface area (Å²) >= 11 is 1.59. The molecule has 0 fully saturated rings. The molecule has 2 heterocycles. The molecule has 2 nitrogen and oxygen atoms in total. The van der Waals surface area contributed by atoms with Crippen LogP contribution in [0.15, 0.2) is 54.0 Å². The number of aromatic nitrogens is 1. The summed E-state index contributed by atoms with van der Waals surface area (Å²) in [6, 6.07) is 14.0. The topological polar surface area (TPSA) is 33.1 Å². The molecule has 3 heteroatoms. The molecule has 96 valence electrons. The largest absolute Gasteiger partial charge is 0.384 e. The van der Waals surface area contributed by atoms with Crippen LogP contribution < -0.4 is 0 Å². The van der Waals surface area contributed by atoms with Crippen LogP contribution in [0.1, 0.15) is 17.4 Å². The fourth-order valence-electron chi connectivity index (χ4n) is 2.35. The number of hydrogen-bond donors (Lipinski definition) is 1. The van der Waals surface area contributed by atoms with Gasteiger partial charge in [0.25, 0.3) is 0 Å². The molecule has 1 aromatic carbocycles. The van der Waals surface area contributed by atoms with E-state index in [4.69, 9.17) is 0 Å². The van der Waals surface area contributed by atoms with Gasteiger partial charge in [-0.2, -0.15) is 0 Å². The summed E-state index contributed by atoms with van der Waals surface area (Å²) in [6.07, 6.45) is 2.40. The summed E-state index contributed by atoms with van der Waals surface area (Å²) in [6.45, 7) is 1.87. The van der Waals surface area contributed by atoms with Crippen molar-refractivity contribution in [3.63, 3.8) is 0 Å². The molecule has 0 amide bonds. The highest BCUT2D eigenvalue weighted by atomic mass is 32.1. The quantitative estimate of drug-likeness (QED) is 0.785. The van der Waals surface area contributed by atoms with Gasteiger partial charge in [-0.1, -0.05) is 24.3 Å². The Morgan fingerprint density at radius 3 is 2.79 bits per heavy atom. The summed E-state index contributed by atoms with van der Waals surface area (Å²) in [5, 5.41) is 13.8. The van der Waals surface area contributed by atoms with Crippen molar-refractivity contribution in [2.45, 2.75) is 18.9 Å². The molecule has 0 radical (unpaired) electrons. The number of nitrogens with zero attached hydrogens (tertiary/aromatic N) is 1. The van der Waals surface area contributed by atoms with Crippen molar-refractivity contribution in [1.29, 1.82) is 0 Å². The molecule has 1 unspecified atom stereocenters. The summed E-state index contributed by atoms with van der Waals surface area (Å²) in [5.74, 6) is 0. The SMILES string of the molecule is CC(O)(Cc1ccnc2ccccc12)c1cccs1. The number of benzene rings is 1. The van der Waals surface area contributed by atoms with E-state index < -0.39 is 5.60 Å². The van der Waals surface area contributed by atoms with Gasteiger partial charge in [-0.3, -0.25) is 4.98 Å². The molecule has 1 N–H and O–H groups in total. The molecule has 0 bridgehead atoms. The van der Waals surface area contributed by atoms with E-state index in [-0.39, 0.29) is 0 Å². The average Bonchev–Trinajstić information content (AvgIpc) is 2.93. The smallest absolute Gasteiger partial charge is 0.1000 e. The van der Waals surface area contributed by atoms with Crippen LogP contribution in [0.2, 0.25) is 0 Å². The van der Waals surface area contributed by atoms with E-state index in [2.05, 4.69) is 11.1 Å². The first kappa shape index (κ1) is 12.3. The van der Waals surface area contributed by atoms with E-state index in [0.717, 1.165) is 21.3 Å². The second-order valence-electron chi connectivity index (χ2n) is 4.92. The van der Waals surface area contributed by atoms with E-state index >= 15 is 0 Å². The minimum absolute atomic E-state index is 0.594. The van der Waals surface area contributed by atoms with Gasteiger partial charge < -0.3 is 5.11 Å². The molecule has 0 aliphatic heterocycles. The third kappa shape index (κ3) is 2.39. The van der Waals surface area contributed by atoms with Crippen LogP contribution in [0.3, 0.4) is 0 Å². The fourth-order valence-corrected chi connectivity index (χ4v) is 3.14. The molecule has 1 atom stereocenters. The van der Waals surface area contributed by atoms with Crippen LogP contribution in [-0.4, -0.2) is 10.1 Å². The second-order valence-corrected chi connectivity index (χ2v) is 5.86. The van der Waals surface area contributed by atoms with Crippen LogP contribution in [0.5, 0.6) is 0 Å². The number of para-hydroxylation sites is 1. The zero-order valence-corrected chi connectivity index (χ0v) is 11.5. The minimum Gasteiger partial charge on any atom is -0.384 e. The predicted octanol–water partition coefficient (Wildman–Crippen LogP) is 3.75. The summed E-state index contributed by atoms with van der Waals surface area (Å²) in [7, 11) is 0. The van der Waals surface area contributed by atoms with Crippen LogP contribution >= 0.6 is 11.3 Å². The van der Waals surface area contributed by atoms with Gasteiger partial charge in [-0.25, -0.2) is 0 Å². The van der Waals surface area contributed by atoms with Crippen molar-refractivity contribution in [2.75, 3.05) is 0 Å². The molecule has 0 aliphatic carbocycles. The Hall–Kier alpha value is -1.71. The Morgan fingerprint density at radius 2 is 2.00 bits per heavy atom. The monoisotopic (exact) mass is 269 g/mol. The normalized spacial score (nSPS) is 14.4. The standard InChI is InChI=1S/C16H15NOS/c1-16(18,15-7-4-10-19-15)11-12-8-9-17-14-6-3-2-5-13(12)14/h2-10,18H,11H2,1H3. The lowest BCUT2D eigenvalue weighted by molar-refractivity contribution is 0.0618. The maximum Gasteiger partial charge on any atom is 0.1000 e. The zero-order chi connectivity index (χ0) is 13.3. The van der Waals surface area contributed by atoms with Crippen LogP contribution in [0.4, 0.5) is 0 Å². The molecular formula is C16H15NOS. The van der Waals surface area contributed by atoms with Gasteiger partial charge in [0, 0.05) is 22.9 Å². The number of thiophene rings is 1. The second kappa shape index (κ2) is 4.76. The molecule has 0 aliphatic rings. The van der Waals surface area contributed by atoms with Gasteiger partial charge in [0.1, 0.15) is 0 Å². The number of rotatable bonds is 3. The highest BCUT2D eigenvalue weighted by Crippen LogP contribution is 2.30. The van der Waals surface area contributed by atoms with Crippen molar-refractivity contribution in [3.8, 4) is 0 Å². The van der Waals surface area contributed by atoms with Gasteiger partial charge in [-0.05, 0) is 36.1 Å². The van der Waals surface area contributed by atoms with E-state index in [1.807, 2.05) is 54.9 Å². The van der Waals surface area contributed by atoms with Gasteiger partial charge >= 0.3 is 0 Å². The van der Waals surface area contributed by atoms with Gasteiger partial charge in [0.15, 0.2) is 0 Å². The first-order valence-electron chi connectivity index (χ1n) is 6.26. The van der Waals surface area contributed by atoms with Crippen molar-refractivity contribution in [3.05, 3.63) is 64.5 Å². The Labute approximate surface area is 116 Å². The van der Waals surface area contributed by atoms with Crippen molar-refractivity contribution in [2.24, 2.45) is 0 Å². The summed E-state index contributed by atoms with van der Waals surface area (Å²) in [5.41, 5.74) is 1.27. The predicted molar refractivity (Wildman–Crippen MR) is 79.3 cm³/mol. The third-order valence-electron chi connectivity index (χ3n) is 3.33. The molecule has 3 aromatic rings. The fraction of sp³-hybridized carbons (Fsp3) is 0.188. The lowest BCUT2D eigenvalue weighted by Crippen LogP contribution is -2.23. The van der Waals surface area contributed by atoms with E-state index in [1.54, 1.807) is 11.3 Å². The zero-order valence-electron chi connectivity index (χ0n) is 10.7. The highest BCUT2D eigenvalue weighted by molar-refractivity contribution is 7.10. The molecule has 3 rings (SSSR count). The molecule has 2 aromatic heterocycles. The van der Waals surface area contributed by atoms with E-state index in [1.165, 1.54) is 0 Å². The molecular weight excluding hydrogens is 254 g/mol. The third-order valence-corrected chi connectivity index (χ3v) is 4.45. The number of hydrogen-bond acceptors (Lipinski definition) is 3. The number of aliphatic hydroxyl groups is 1. The summed E-state index contributed by atoms with van der Waals surface area (Å²) < 4.78 is 0. The Bertz CT molecular complexity index is 684. The lowest BCUT2D eigenvalue weighted by Gasteiger charge is -2.22. The van der Waals surface area contributed by atoms with Gasteiger partial charge in [-0.15, -0.1) is 11.3 Å².